The van der Waals surface area contributed by atoms with Gasteiger partial charge in [0.1, 0.15) is 18.1 Å². The lowest BCUT2D eigenvalue weighted by atomic mass is 9.71. The molecule has 0 bridgehead atoms. The fraction of sp³-hybridized carbons (Fsp3) is 0.107. The van der Waals surface area contributed by atoms with Crippen LogP contribution in [0.5, 0.6) is 11.5 Å². The van der Waals surface area contributed by atoms with Gasteiger partial charge in [-0.3, -0.25) is 4.79 Å². The van der Waals surface area contributed by atoms with Gasteiger partial charge in [-0.1, -0.05) is 84.9 Å². The molecule has 1 heterocycles. The molecule has 1 aliphatic carbocycles. The van der Waals surface area contributed by atoms with E-state index in [0.29, 0.717) is 40.4 Å². The van der Waals surface area contributed by atoms with E-state index < -0.39 is 11.7 Å². The summed E-state index contributed by atoms with van der Waals surface area (Å²) in [5.74, 6) is 0.869. The molecule has 0 saturated heterocycles. The zero-order chi connectivity index (χ0) is 21.7. The van der Waals surface area contributed by atoms with Crippen LogP contribution < -0.4 is 9.47 Å². The number of rotatable bonds is 4. The molecular formula is C28H20O4. The van der Waals surface area contributed by atoms with Gasteiger partial charge in [-0.2, -0.15) is 0 Å². The number of aliphatic hydroxyl groups is 1. The third kappa shape index (κ3) is 2.63. The Morgan fingerprint density at radius 3 is 2.19 bits per heavy atom. The monoisotopic (exact) mass is 420 g/mol. The van der Waals surface area contributed by atoms with Crippen LogP contribution in [0.1, 0.15) is 44.3 Å². The Labute approximate surface area is 185 Å². The number of ether oxygens (including phenoxy) is 2. The van der Waals surface area contributed by atoms with Crippen molar-refractivity contribution in [3.63, 3.8) is 0 Å². The Kier molecular flexibility index (Phi) is 4.17. The maximum Gasteiger partial charge on any atom is 0.194 e. The van der Waals surface area contributed by atoms with Gasteiger partial charge in [-0.15, -0.1) is 0 Å². The summed E-state index contributed by atoms with van der Waals surface area (Å²) < 4.78 is 12.5. The predicted molar refractivity (Wildman–Crippen MR) is 120 cm³/mol. The Hall–Kier alpha value is -3.89. The fourth-order valence-electron chi connectivity index (χ4n) is 4.86. The van der Waals surface area contributed by atoms with Crippen LogP contribution in [0.3, 0.4) is 0 Å². The average Bonchev–Trinajstić information content (AvgIpc) is 3.16. The number of benzene rings is 4. The highest BCUT2D eigenvalue weighted by Crippen LogP contribution is 2.58. The fourth-order valence-corrected chi connectivity index (χ4v) is 4.86. The second-order valence-corrected chi connectivity index (χ2v) is 8.14. The van der Waals surface area contributed by atoms with Crippen LogP contribution in [0.4, 0.5) is 0 Å². The molecule has 0 amide bonds. The van der Waals surface area contributed by atoms with E-state index in [2.05, 4.69) is 0 Å². The summed E-state index contributed by atoms with van der Waals surface area (Å²) in [6, 6.07) is 30.1. The quantitative estimate of drug-likeness (QED) is 0.494. The molecule has 2 atom stereocenters. The first-order valence-electron chi connectivity index (χ1n) is 10.6. The molecule has 0 spiro atoms. The number of hydrogen-bond donors (Lipinski definition) is 1. The van der Waals surface area contributed by atoms with Crippen molar-refractivity contribution in [2.45, 2.75) is 18.3 Å². The van der Waals surface area contributed by atoms with Gasteiger partial charge >= 0.3 is 0 Å². The molecule has 1 N–H and O–H groups in total. The first-order chi connectivity index (χ1) is 15.7. The third-order valence-electron chi connectivity index (χ3n) is 6.27. The molecule has 156 valence electrons. The lowest BCUT2D eigenvalue weighted by Crippen LogP contribution is -2.39. The normalized spacial score (nSPS) is 20.3. The highest BCUT2D eigenvalue weighted by molar-refractivity contribution is 6.14. The van der Waals surface area contributed by atoms with Crippen LogP contribution in [0.25, 0.3) is 0 Å². The van der Waals surface area contributed by atoms with Crippen molar-refractivity contribution in [2.24, 2.45) is 0 Å². The molecule has 0 fully saturated rings. The number of hydrogen-bond acceptors (Lipinski definition) is 4. The molecule has 2 aliphatic rings. The SMILES string of the molecule is O=C1c2cccc(OCc3ccccc3)c2[C@@]2(O)c3c(cccc31)O[C@@H]2c1ccccc1. The van der Waals surface area contributed by atoms with Gasteiger partial charge in [0, 0.05) is 22.3 Å². The topological polar surface area (TPSA) is 55.8 Å². The molecule has 0 unspecified atom stereocenters. The van der Waals surface area contributed by atoms with E-state index in [4.69, 9.17) is 9.47 Å². The minimum absolute atomic E-state index is 0.135. The molecule has 1 aliphatic heterocycles. The summed E-state index contributed by atoms with van der Waals surface area (Å²) in [6.07, 6.45) is -0.701. The zero-order valence-electron chi connectivity index (χ0n) is 17.2. The third-order valence-corrected chi connectivity index (χ3v) is 6.27. The Morgan fingerprint density at radius 1 is 0.781 bits per heavy atom. The van der Waals surface area contributed by atoms with Crippen LogP contribution in [0, 0.1) is 0 Å². The minimum Gasteiger partial charge on any atom is -0.488 e. The first kappa shape index (κ1) is 18.8. The van der Waals surface area contributed by atoms with E-state index in [-0.39, 0.29) is 5.78 Å². The highest BCUT2D eigenvalue weighted by Gasteiger charge is 2.57. The molecule has 4 heteroatoms. The van der Waals surface area contributed by atoms with Gasteiger partial charge in [-0.05, 0) is 23.3 Å². The van der Waals surface area contributed by atoms with Gasteiger partial charge in [-0.25, -0.2) is 0 Å². The Balaban J connectivity index is 1.55. The van der Waals surface area contributed by atoms with E-state index in [0.717, 1.165) is 11.1 Å². The van der Waals surface area contributed by atoms with Crippen molar-refractivity contribution < 1.29 is 19.4 Å². The summed E-state index contributed by atoms with van der Waals surface area (Å²) in [6.45, 7) is 0.326. The second-order valence-electron chi connectivity index (χ2n) is 8.14. The van der Waals surface area contributed by atoms with E-state index in [1.165, 1.54) is 0 Å². The van der Waals surface area contributed by atoms with Crippen molar-refractivity contribution in [1.29, 1.82) is 0 Å². The first-order valence-corrected chi connectivity index (χ1v) is 10.6. The standard InChI is InChI=1S/C28H20O4/c29-26-20-13-7-15-22(31-17-18-9-3-1-4-10-18)24(20)28(30)25-21(26)14-8-16-23(25)32-27(28)19-11-5-2-6-12-19/h1-16,27,30H,17H2/t27-,28-/m1/s1. The van der Waals surface area contributed by atoms with Gasteiger partial charge in [0.15, 0.2) is 17.5 Å². The zero-order valence-corrected chi connectivity index (χ0v) is 17.2. The van der Waals surface area contributed by atoms with Crippen molar-refractivity contribution >= 4 is 5.78 Å². The summed E-state index contributed by atoms with van der Waals surface area (Å²) in [4.78, 5) is 13.4. The molecular weight excluding hydrogens is 400 g/mol. The number of ketones is 1. The van der Waals surface area contributed by atoms with Crippen LogP contribution >= 0.6 is 0 Å². The number of fused-ring (bicyclic) bond motifs is 2. The summed E-state index contributed by atoms with van der Waals surface area (Å²) in [5, 5.41) is 12.4. The summed E-state index contributed by atoms with van der Waals surface area (Å²) >= 11 is 0. The van der Waals surface area contributed by atoms with Crippen molar-refractivity contribution in [2.75, 3.05) is 0 Å². The van der Waals surface area contributed by atoms with Crippen LogP contribution in [-0.2, 0) is 12.2 Å². The molecule has 4 aromatic carbocycles. The lowest BCUT2D eigenvalue weighted by Gasteiger charge is -2.36. The van der Waals surface area contributed by atoms with Crippen LogP contribution in [-0.4, -0.2) is 10.9 Å². The molecule has 6 rings (SSSR count). The van der Waals surface area contributed by atoms with Gasteiger partial charge in [0.25, 0.3) is 0 Å². The minimum atomic E-state index is -1.55. The second kappa shape index (κ2) is 7.08. The Morgan fingerprint density at radius 2 is 1.44 bits per heavy atom. The van der Waals surface area contributed by atoms with Crippen LogP contribution in [0.2, 0.25) is 0 Å². The van der Waals surface area contributed by atoms with Crippen molar-refractivity contribution in [3.8, 4) is 11.5 Å². The maximum atomic E-state index is 13.4. The average molecular weight is 420 g/mol. The van der Waals surface area contributed by atoms with E-state index in [1.807, 2.05) is 60.7 Å². The van der Waals surface area contributed by atoms with Gasteiger partial charge in [0.05, 0.1) is 0 Å². The maximum absolute atomic E-state index is 13.4. The molecule has 32 heavy (non-hydrogen) atoms. The van der Waals surface area contributed by atoms with Gasteiger partial charge < -0.3 is 14.6 Å². The molecule has 0 saturated carbocycles. The highest BCUT2D eigenvalue weighted by atomic mass is 16.5. The van der Waals surface area contributed by atoms with Crippen molar-refractivity contribution in [1.82, 2.24) is 0 Å². The smallest absolute Gasteiger partial charge is 0.194 e. The van der Waals surface area contributed by atoms with E-state index in [1.54, 1.807) is 36.4 Å². The number of carbonyl (C=O) groups excluding carboxylic acids is 1. The van der Waals surface area contributed by atoms with E-state index >= 15 is 0 Å². The molecule has 0 radical (unpaired) electrons. The summed E-state index contributed by atoms with van der Waals surface area (Å²) in [7, 11) is 0. The Bertz CT molecular complexity index is 1330. The molecule has 4 nitrogen and oxygen atoms in total. The van der Waals surface area contributed by atoms with Gasteiger partial charge in [0.2, 0.25) is 0 Å². The molecule has 4 aromatic rings. The molecule has 0 aromatic heterocycles. The largest absolute Gasteiger partial charge is 0.488 e. The predicted octanol–water partition coefficient (Wildman–Crippen LogP) is 5.18. The van der Waals surface area contributed by atoms with Crippen molar-refractivity contribution in [3.05, 3.63) is 130 Å². The van der Waals surface area contributed by atoms with Crippen LogP contribution in [0.15, 0.2) is 97.1 Å². The van der Waals surface area contributed by atoms with E-state index in [9.17, 15) is 9.90 Å². The number of carbonyl (C=O) groups is 1. The lowest BCUT2D eigenvalue weighted by molar-refractivity contribution is -0.0113. The summed E-state index contributed by atoms with van der Waals surface area (Å²) in [5.41, 5.74) is 2.17.